The summed E-state index contributed by atoms with van der Waals surface area (Å²) in [4.78, 5) is 0. The fraction of sp³-hybridized carbons (Fsp3) is 0.750. The lowest BCUT2D eigenvalue weighted by molar-refractivity contribution is 0.514. The monoisotopic (exact) mass is 254 g/mol. The van der Waals surface area contributed by atoms with Gasteiger partial charge in [0.1, 0.15) is 5.82 Å². The smallest absolute Gasteiger partial charge is 0.147 e. The average molecular weight is 254 g/mol. The molecule has 0 amide bonds. The first-order valence-corrected chi connectivity index (χ1v) is 7.50. The van der Waals surface area contributed by atoms with Crippen molar-refractivity contribution in [3.8, 4) is 0 Å². The summed E-state index contributed by atoms with van der Waals surface area (Å²) in [6, 6.07) is 0. The molecule has 0 aromatic carbocycles. The van der Waals surface area contributed by atoms with Crippen molar-refractivity contribution in [3.05, 3.63) is 5.69 Å². The third-order valence-electron chi connectivity index (χ3n) is 3.39. The Labute approximate surface area is 107 Å². The molecule has 1 saturated heterocycles. The highest BCUT2D eigenvalue weighted by molar-refractivity contribution is 7.99. The van der Waals surface area contributed by atoms with Crippen molar-refractivity contribution in [2.75, 3.05) is 29.1 Å². The Kier molecular flexibility index (Phi) is 4.20. The van der Waals surface area contributed by atoms with Gasteiger partial charge in [-0.25, -0.2) is 0 Å². The Morgan fingerprint density at radius 3 is 2.76 bits per heavy atom. The van der Waals surface area contributed by atoms with Crippen LogP contribution in [0.1, 0.15) is 25.5 Å². The second kappa shape index (κ2) is 5.67. The molecule has 0 aliphatic carbocycles. The molecule has 0 atom stereocenters. The molecule has 1 fully saturated rings. The van der Waals surface area contributed by atoms with E-state index in [2.05, 4.69) is 29.1 Å². The average Bonchev–Trinajstić information content (AvgIpc) is 2.63. The van der Waals surface area contributed by atoms with Crippen LogP contribution in [0.2, 0.25) is 0 Å². The van der Waals surface area contributed by atoms with Crippen molar-refractivity contribution < 1.29 is 0 Å². The summed E-state index contributed by atoms with van der Waals surface area (Å²) >= 11 is 2.06. The number of thioether (sulfide) groups is 1. The fourth-order valence-electron chi connectivity index (χ4n) is 2.26. The van der Waals surface area contributed by atoms with Crippen LogP contribution < -0.4 is 11.1 Å². The first kappa shape index (κ1) is 12.6. The van der Waals surface area contributed by atoms with Gasteiger partial charge in [-0.15, -0.1) is 0 Å². The first-order chi connectivity index (χ1) is 8.22. The van der Waals surface area contributed by atoms with Crippen LogP contribution in [0.4, 0.5) is 11.5 Å². The number of nitrogens with two attached hydrogens (primary N) is 1. The van der Waals surface area contributed by atoms with E-state index in [9.17, 15) is 0 Å². The second-order valence-electron chi connectivity index (χ2n) is 4.62. The van der Waals surface area contributed by atoms with Gasteiger partial charge in [0.15, 0.2) is 0 Å². The molecule has 0 spiro atoms. The van der Waals surface area contributed by atoms with E-state index >= 15 is 0 Å². The summed E-state index contributed by atoms with van der Waals surface area (Å²) in [6.45, 7) is 3.11. The standard InChI is InChI=1S/C12H22N4S/c1-3-10-11(13)12(16(2)15-10)14-8-9-4-6-17-7-5-9/h9,14H,3-8,13H2,1-2H3. The zero-order valence-electron chi connectivity index (χ0n) is 10.7. The third-order valence-corrected chi connectivity index (χ3v) is 4.44. The van der Waals surface area contributed by atoms with Crippen molar-refractivity contribution in [1.29, 1.82) is 0 Å². The summed E-state index contributed by atoms with van der Waals surface area (Å²) < 4.78 is 1.87. The number of nitrogens with one attached hydrogen (secondary N) is 1. The van der Waals surface area contributed by atoms with Gasteiger partial charge in [-0.3, -0.25) is 4.68 Å². The zero-order chi connectivity index (χ0) is 12.3. The van der Waals surface area contributed by atoms with Crippen LogP contribution in [0.25, 0.3) is 0 Å². The van der Waals surface area contributed by atoms with Crippen molar-refractivity contribution in [2.24, 2.45) is 13.0 Å². The molecule has 2 rings (SSSR count). The molecule has 0 saturated carbocycles. The van der Waals surface area contributed by atoms with Gasteiger partial charge in [-0.05, 0) is 36.7 Å². The lowest BCUT2D eigenvalue weighted by Crippen LogP contribution is -2.20. The predicted octanol–water partition coefficient (Wildman–Crippen LogP) is 2.12. The van der Waals surface area contributed by atoms with E-state index in [1.807, 2.05) is 11.7 Å². The van der Waals surface area contributed by atoms with Gasteiger partial charge >= 0.3 is 0 Å². The number of anilines is 2. The van der Waals surface area contributed by atoms with Crippen LogP contribution in [0.15, 0.2) is 0 Å². The Hall–Kier alpha value is -0.840. The molecule has 4 nitrogen and oxygen atoms in total. The molecule has 0 unspecified atom stereocenters. The van der Waals surface area contributed by atoms with Gasteiger partial charge in [-0.1, -0.05) is 6.92 Å². The minimum atomic E-state index is 0.788. The van der Waals surface area contributed by atoms with Crippen LogP contribution in [0.3, 0.4) is 0 Å². The minimum absolute atomic E-state index is 0.788. The van der Waals surface area contributed by atoms with E-state index < -0.39 is 0 Å². The fourth-order valence-corrected chi connectivity index (χ4v) is 3.46. The molecule has 0 bridgehead atoms. The summed E-state index contributed by atoms with van der Waals surface area (Å²) in [5, 5.41) is 7.89. The van der Waals surface area contributed by atoms with Gasteiger partial charge in [-0.2, -0.15) is 16.9 Å². The number of hydrogen-bond acceptors (Lipinski definition) is 4. The molecule has 1 aromatic rings. The summed E-state index contributed by atoms with van der Waals surface area (Å²) in [7, 11) is 1.95. The minimum Gasteiger partial charge on any atom is -0.394 e. The third kappa shape index (κ3) is 2.89. The highest BCUT2D eigenvalue weighted by Crippen LogP contribution is 2.26. The van der Waals surface area contributed by atoms with Crippen LogP contribution >= 0.6 is 11.8 Å². The van der Waals surface area contributed by atoms with Gasteiger partial charge in [0.05, 0.1) is 11.4 Å². The summed E-state index contributed by atoms with van der Waals surface area (Å²) in [6.07, 6.45) is 3.52. The topological polar surface area (TPSA) is 55.9 Å². The molecular formula is C12H22N4S. The number of hydrogen-bond donors (Lipinski definition) is 2. The normalized spacial score (nSPS) is 17.3. The number of nitrogens with zero attached hydrogens (tertiary/aromatic N) is 2. The number of aryl methyl sites for hydroxylation is 2. The SMILES string of the molecule is CCc1nn(C)c(NCC2CCSCC2)c1N. The van der Waals surface area contributed by atoms with Crippen molar-refractivity contribution in [1.82, 2.24) is 9.78 Å². The highest BCUT2D eigenvalue weighted by Gasteiger charge is 2.16. The maximum absolute atomic E-state index is 6.08. The quantitative estimate of drug-likeness (QED) is 0.864. The lowest BCUT2D eigenvalue weighted by atomic mass is 10.0. The molecule has 1 aromatic heterocycles. The Morgan fingerprint density at radius 1 is 1.47 bits per heavy atom. The molecule has 96 valence electrons. The summed E-state index contributed by atoms with van der Waals surface area (Å²) in [5.74, 6) is 4.37. The Bertz CT molecular complexity index is 369. The number of nitrogen functional groups attached to an aromatic ring is 1. The maximum Gasteiger partial charge on any atom is 0.147 e. The molecule has 1 aliphatic heterocycles. The zero-order valence-corrected chi connectivity index (χ0v) is 11.5. The van der Waals surface area contributed by atoms with Crippen LogP contribution in [0.5, 0.6) is 0 Å². The first-order valence-electron chi connectivity index (χ1n) is 6.35. The van der Waals surface area contributed by atoms with E-state index in [1.165, 1.54) is 24.3 Å². The van der Waals surface area contributed by atoms with Crippen LogP contribution in [0, 0.1) is 5.92 Å². The molecule has 17 heavy (non-hydrogen) atoms. The van der Waals surface area contributed by atoms with E-state index in [4.69, 9.17) is 5.73 Å². The molecule has 5 heteroatoms. The predicted molar refractivity (Wildman–Crippen MR) is 75.5 cm³/mol. The van der Waals surface area contributed by atoms with E-state index in [0.717, 1.165) is 36.1 Å². The lowest BCUT2D eigenvalue weighted by Gasteiger charge is -2.22. The highest BCUT2D eigenvalue weighted by atomic mass is 32.2. The van der Waals surface area contributed by atoms with E-state index in [-0.39, 0.29) is 0 Å². The van der Waals surface area contributed by atoms with Crippen LogP contribution in [-0.2, 0) is 13.5 Å². The second-order valence-corrected chi connectivity index (χ2v) is 5.85. The van der Waals surface area contributed by atoms with Gasteiger partial charge in [0.25, 0.3) is 0 Å². The Balaban J connectivity index is 1.95. The number of aromatic nitrogens is 2. The molecular weight excluding hydrogens is 232 g/mol. The molecule has 2 heterocycles. The van der Waals surface area contributed by atoms with Crippen molar-refractivity contribution in [2.45, 2.75) is 26.2 Å². The maximum atomic E-state index is 6.08. The molecule has 3 N–H and O–H groups in total. The van der Waals surface area contributed by atoms with Gasteiger partial charge in [0.2, 0.25) is 0 Å². The molecule has 0 radical (unpaired) electrons. The summed E-state index contributed by atoms with van der Waals surface area (Å²) in [5.41, 5.74) is 7.89. The Morgan fingerprint density at radius 2 is 2.18 bits per heavy atom. The molecule has 1 aliphatic rings. The van der Waals surface area contributed by atoms with E-state index in [0.29, 0.717) is 0 Å². The largest absolute Gasteiger partial charge is 0.394 e. The van der Waals surface area contributed by atoms with Crippen molar-refractivity contribution in [3.63, 3.8) is 0 Å². The van der Waals surface area contributed by atoms with Crippen molar-refractivity contribution >= 4 is 23.3 Å². The van der Waals surface area contributed by atoms with E-state index in [1.54, 1.807) is 0 Å². The van der Waals surface area contributed by atoms with Gasteiger partial charge in [0, 0.05) is 13.6 Å². The number of rotatable bonds is 4. The van der Waals surface area contributed by atoms with Crippen LogP contribution in [-0.4, -0.2) is 27.8 Å². The van der Waals surface area contributed by atoms with Gasteiger partial charge < -0.3 is 11.1 Å².